The summed E-state index contributed by atoms with van der Waals surface area (Å²) in [5, 5.41) is 3.69. The highest BCUT2D eigenvalue weighted by molar-refractivity contribution is 5.79. The smallest absolute Gasteiger partial charge is 0.427 e. The lowest BCUT2D eigenvalue weighted by atomic mass is 10.2. The number of allylic oxidation sites excluding steroid dienone is 1. The van der Waals surface area contributed by atoms with Crippen molar-refractivity contribution in [2.24, 2.45) is 5.10 Å². The number of carbonyl (C=O) groups excluding carboxylic acids is 1. The van der Waals surface area contributed by atoms with Crippen LogP contribution in [0, 0.1) is 0 Å². The summed E-state index contributed by atoms with van der Waals surface area (Å²) in [5.41, 5.74) is 3.17. The Kier molecular flexibility index (Phi) is 4.39. The van der Waals surface area contributed by atoms with E-state index in [1.54, 1.807) is 13.0 Å². The van der Waals surface area contributed by atoms with Crippen LogP contribution in [0.15, 0.2) is 29.4 Å². The van der Waals surface area contributed by atoms with Crippen molar-refractivity contribution in [2.75, 3.05) is 13.4 Å². The summed E-state index contributed by atoms with van der Waals surface area (Å²) in [6.07, 6.45) is 4.42. The van der Waals surface area contributed by atoms with E-state index in [9.17, 15) is 4.79 Å². The Hall–Kier alpha value is -2.50. The molecule has 1 heterocycles. The predicted molar refractivity (Wildman–Crippen MR) is 70.2 cm³/mol. The van der Waals surface area contributed by atoms with E-state index in [4.69, 9.17) is 9.47 Å². The Morgan fingerprint density at radius 1 is 1.47 bits per heavy atom. The van der Waals surface area contributed by atoms with E-state index in [0.29, 0.717) is 6.61 Å². The summed E-state index contributed by atoms with van der Waals surface area (Å²) in [6.45, 7) is 2.30. The maximum Gasteiger partial charge on any atom is 0.427 e. The molecule has 1 N–H and O–H groups in total. The van der Waals surface area contributed by atoms with Crippen LogP contribution >= 0.6 is 0 Å². The molecule has 6 nitrogen and oxygen atoms in total. The summed E-state index contributed by atoms with van der Waals surface area (Å²) in [4.78, 5) is 10.9. The summed E-state index contributed by atoms with van der Waals surface area (Å²) < 4.78 is 15.1. The van der Waals surface area contributed by atoms with Gasteiger partial charge < -0.3 is 14.2 Å². The minimum atomic E-state index is -0.574. The zero-order chi connectivity index (χ0) is 13.5. The lowest BCUT2D eigenvalue weighted by Crippen LogP contribution is -2.18. The fraction of sp³-hybridized carbons (Fsp3) is 0.231. The predicted octanol–water partition coefficient (Wildman–Crippen LogP) is 2.16. The fourth-order valence-electron chi connectivity index (χ4n) is 1.47. The molecular weight excluding hydrogens is 248 g/mol. The van der Waals surface area contributed by atoms with E-state index in [0.717, 1.165) is 17.1 Å². The zero-order valence-electron chi connectivity index (χ0n) is 10.5. The average molecular weight is 262 g/mol. The largest absolute Gasteiger partial charge is 0.454 e. The number of ether oxygens (including phenoxy) is 3. The molecule has 0 unspecified atom stereocenters. The van der Waals surface area contributed by atoms with Crippen molar-refractivity contribution in [1.82, 2.24) is 5.43 Å². The first-order valence-corrected chi connectivity index (χ1v) is 5.81. The van der Waals surface area contributed by atoms with Gasteiger partial charge in [0.05, 0.1) is 6.61 Å². The molecule has 19 heavy (non-hydrogen) atoms. The highest BCUT2D eigenvalue weighted by Gasteiger charge is 2.11. The molecule has 1 aliphatic rings. The van der Waals surface area contributed by atoms with Gasteiger partial charge in [-0.05, 0) is 30.7 Å². The van der Waals surface area contributed by atoms with Crippen LogP contribution in [-0.2, 0) is 4.74 Å². The summed E-state index contributed by atoms with van der Waals surface area (Å²) in [5.74, 6) is 1.47. The van der Waals surface area contributed by atoms with Crippen LogP contribution in [0.4, 0.5) is 4.79 Å². The van der Waals surface area contributed by atoms with E-state index in [2.05, 4.69) is 15.3 Å². The van der Waals surface area contributed by atoms with E-state index in [-0.39, 0.29) is 6.79 Å². The van der Waals surface area contributed by atoms with Crippen molar-refractivity contribution in [1.29, 1.82) is 0 Å². The number of amides is 1. The first-order chi connectivity index (χ1) is 9.29. The van der Waals surface area contributed by atoms with Crippen LogP contribution in [0.5, 0.6) is 11.5 Å². The Bertz CT molecular complexity index is 511. The molecule has 0 saturated carbocycles. The average Bonchev–Trinajstić information content (AvgIpc) is 2.86. The van der Waals surface area contributed by atoms with Crippen molar-refractivity contribution in [2.45, 2.75) is 6.92 Å². The second kappa shape index (κ2) is 6.44. The number of nitrogens with zero attached hydrogens (tertiary/aromatic N) is 1. The molecule has 0 radical (unpaired) electrons. The number of fused-ring (bicyclic) bond motifs is 1. The minimum Gasteiger partial charge on any atom is -0.454 e. The highest BCUT2D eigenvalue weighted by Crippen LogP contribution is 2.32. The second-order valence-corrected chi connectivity index (χ2v) is 3.58. The van der Waals surface area contributed by atoms with Crippen LogP contribution in [0.2, 0.25) is 0 Å². The molecule has 0 aliphatic carbocycles. The van der Waals surface area contributed by atoms with Gasteiger partial charge in [0.1, 0.15) is 0 Å². The first-order valence-electron chi connectivity index (χ1n) is 5.81. The van der Waals surface area contributed by atoms with Gasteiger partial charge in [-0.3, -0.25) is 0 Å². The standard InChI is InChI=1S/C13H14N2O4/c1-2-17-13(16)15-14-7-3-4-10-5-6-11-12(8-10)19-9-18-11/h3-8H,2,9H2,1H3,(H,15,16)/b4-3+,14-7+. The van der Waals surface area contributed by atoms with E-state index in [1.807, 2.05) is 24.3 Å². The van der Waals surface area contributed by atoms with Crippen LogP contribution < -0.4 is 14.9 Å². The van der Waals surface area contributed by atoms with Crippen molar-refractivity contribution >= 4 is 18.4 Å². The van der Waals surface area contributed by atoms with Crippen LogP contribution in [0.1, 0.15) is 12.5 Å². The van der Waals surface area contributed by atoms with Gasteiger partial charge in [-0.2, -0.15) is 5.10 Å². The highest BCUT2D eigenvalue weighted by atomic mass is 16.7. The van der Waals surface area contributed by atoms with Gasteiger partial charge in [-0.25, -0.2) is 10.2 Å². The topological polar surface area (TPSA) is 69.2 Å². The number of hydrogen-bond donors (Lipinski definition) is 1. The number of hydrazone groups is 1. The van der Waals surface area contributed by atoms with Gasteiger partial charge >= 0.3 is 6.09 Å². The Morgan fingerprint density at radius 2 is 2.32 bits per heavy atom. The van der Waals surface area contributed by atoms with Crippen LogP contribution in [0.25, 0.3) is 6.08 Å². The normalized spacial score (nSPS) is 13.1. The number of hydrogen-bond acceptors (Lipinski definition) is 5. The molecule has 0 spiro atoms. The molecule has 1 aliphatic heterocycles. The molecule has 0 atom stereocenters. The number of nitrogens with one attached hydrogen (secondary N) is 1. The van der Waals surface area contributed by atoms with E-state index < -0.39 is 6.09 Å². The number of rotatable bonds is 4. The molecule has 1 aromatic rings. The van der Waals surface area contributed by atoms with Gasteiger partial charge in [-0.15, -0.1) is 0 Å². The monoisotopic (exact) mass is 262 g/mol. The molecule has 100 valence electrons. The van der Waals surface area contributed by atoms with E-state index in [1.165, 1.54) is 6.21 Å². The quantitative estimate of drug-likeness (QED) is 0.667. The second-order valence-electron chi connectivity index (χ2n) is 3.58. The third-order valence-corrected chi connectivity index (χ3v) is 2.28. The Morgan fingerprint density at radius 3 is 3.16 bits per heavy atom. The summed E-state index contributed by atoms with van der Waals surface area (Å²) in [7, 11) is 0. The Labute approximate surface area is 110 Å². The molecule has 0 bridgehead atoms. The maximum atomic E-state index is 10.9. The molecule has 0 aromatic heterocycles. The minimum absolute atomic E-state index is 0.257. The van der Waals surface area contributed by atoms with Crippen LogP contribution in [-0.4, -0.2) is 25.7 Å². The van der Waals surface area contributed by atoms with Crippen molar-refractivity contribution in [3.63, 3.8) is 0 Å². The van der Waals surface area contributed by atoms with Gasteiger partial charge in [-0.1, -0.05) is 12.1 Å². The molecular formula is C13H14N2O4. The molecule has 1 amide bonds. The van der Waals surface area contributed by atoms with E-state index >= 15 is 0 Å². The van der Waals surface area contributed by atoms with Gasteiger partial charge in [0.15, 0.2) is 11.5 Å². The van der Waals surface area contributed by atoms with Crippen molar-refractivity contribution in [3.05, 3.63) is 29.8 Å². The van der Waals surface area contributed by atoms with Gasteiger partial charge in [0, 0.05) is 6.21 Å². The third-order valence-electron chi connectivity index (χ3n) is 2.28. The maximum absolute atomic E-state index is 10.9. The van der Waals surface area contributed by atoms with Crippen molar-refractivity contribution < 1.29 is 19.0 Å². The molecule has 0 saturated heterocycles. The zero-order valence-corrected chi connectivity index (χ0v) is 10.5. The lowest BCUT2D eigenvalue weighted by Gasteiger charge is -1.97. The lowest BCUT2D eigenvalue weighted by molar-refractivity contribution is 0.152. The number of benzene rings is 1. The molecule has 2 rings (SSSR count). The van der Waals surface area contributed by atoms with Crippen molar-refractivity contribution in [3.8, 4) is 11.5 Å². The Balaban J connectivity index is 1.85. The van der Waals surface area contributed by atoms with Gasteiger partial charge in [0.2, 0.25) is 6.79 Å². The third kappa shape index (κ3) is 3.74. The fourth-order valence-corrected chi connectivity index (χ4v) is 1.47. The number of carbonyl (C=O) groups is 1. The molecule has 0 fully saturated rings. The van der Waals surface area contributed by atoms with Crippen LogP contribution in [0.3, 0.4) is 0 Å². The summed E-state index contributed by atoms with van der Waals surface area (Å²) >= 11 is 0. The SMILES string of the molecule is CCOC(=O)N/N=C/C=C/c1ccc2c(c1)OCO2. The van der Waals surface area contributed by atoms with Gasteiger partial charge in [0.25, 0.3) is 0 Å². The first kappa shape index (κ1) is 12.9. The molecule has 6 heteroatoms. The summed E-state index contributed by atoms with van der Waals surface area (Å²) in [6, 6.07) is 5.61. The molecule has 1 aromatic carbocycles.